The zero-order valence-corrected chi connectivity index (χ0v) is 16.3. The molecule has 0 aliphatic rings. The zero-order chi connectivity index (χ0) is 21.3. The van der Waals surface area contributed by atoms with E-state index < -0.39 is 5.97 Å². The number of aromatic nitrogens is 1. The highest BCUT2D eigenvalue weighted by Gasteiger charge is 2.19. The number of carbonyl (C=O) groups excluding carboxylic acids is 3. The lowest BCUT2D eigenvalue weighted by atomic mass is 10.1. The van der Waals surface area contributed by atoms with Crippen LogP contribution in [0.25, 0.3) is 22.2 Å². The van der Waals surface area contributed by atoms with Crippen molar-refractivity contribution in [1.29, 1.82) is 0 Å². The van der Waals surface area contributed by atoms with Crippen LogP contribution in [0.4, 0.5) is 5.69 Å². The molecule has 7 nitrogen and oxygen atoms in total. The molecule has 4 aromatic rings. The summed E-state index contributed by atoms with van der Waals surface area (Å²) < 4.78 is 11.8. The second-order valence-electron chi connectivity index (χ2n) is 6.64. The predicted molar refractivity (Wildman–Crippen MR) is 112 cm³/mol. The van der Waals surface area contributed by atoms with E-state index in [2.05, 4.69) is 5.32 Å². The van der Waals surface area contributed by atoms with Crippen molar-refractivity contribution in [2.75, 3.05) is 12.4 Å². The number of rotatable bonds is 4. The van der Waals surface area contributed by atoms with Crippen molar-refractivity contribution >= 4 is 34.4 Å². The van der Waals surface area contributed by atoms with E-state index in [1.165, 1.54) is 31.1 Å². The first-order valence-electron chi connectivity index (χ1n) is 9.18. The van der Waals surface area contributed by atoms with Gasteiger partial charge in [-0.3, -0.25) is 14.2 Å². The van der Waals surface area contributed by atoms with Crippen molar-refractivity contribution in [3.8, 4) is 11.3 Å². The second kappa shape index (κ2) is 7.71. The van der Waals surface area contributed by atoms with Crippen LogP contribution in [-0.2, 0) is 4.74 Å². The number of nitrogens with one attached hydrogen (secondary N) is 1. The molecule has 1 amide bonds. The highest BCUT2D eigenvalue weighted by Crippen LogP contribution is 2.31. The smallest absolute Gasteiger partial charge is 0.337 e. The molecule has 30 heavy (non-hydrogen) atoms. The number of ether oxygens (including phenoxy) is 1. The number of amides is 1. The van der Waals surface area contributed by atoms with Crippen LogP contribution in [-0.4, -0.2) is 29.5 Å². The number of carbonyl (C=O) groups is 3. The minimum absolute atomic E-state index is 0.186. The van der Waals surface area contributed by atoms with Gasteiger partial charge < -0.3 is 14.5 Å². The van der Waals surface area contributed by atoms with E-state index in [9.17, 15) is 14.4 Å². The van der Waals surface area contributed by atoms with Crippen LogP contribution in [0, 0.1) is 0 Å². The summed E-state index contributed by atoms with van der Waals surface area (Å²) in [5.74, 6) is -0.623. The monoisotopic (exact) mass is 402 g/mol. The highest BCUT2D eigenvalue weighted by atomic mass is 16.5. The molecule has 0 atom stereocenters. The molecule has 0 unspecified atom stereocenters. The van der Waals surface area contributed by atoms with Crippen molar-refractivity contribution in [2.45, 2.75) is 6.92 Å². The highest BCUT2D eigenvalue weighted by molar-refractivity contribution is 6.15. The predicted octanol–water partition coefficient (Wildman–Crippen LogP) is 4.60. The summed E-state index contributed by atoms with van der Waals surface area (Å²) in [7, 11) is 1.31. The first-order valence-corrected chi connectivity index (χ1v) is 9.18. The maximum Gasteiger partial charge on any atom is 0.337 e. The Labute approximate surface area is 171 Å². The normalized spacial score (nSPS) is 10.7. The molecule has 4 rings (SSSR count). The van der Waals surface area contributed by atoms with Gasteiger partial charge in [-0.1, -0.05) is 30.3 Å². The number of fused-ring (bicyclic) bond motifs is 1. The Kier molecular flexibility index (Phi) is 4.93. The largest absolute Gasteiger partial charge is 0.465 e. The molecule has 0 radical (unpaired) electrons. The van der Waals surface area contributed by atoms with Gasteiger partial charge in [0.15, 0.2) is 5.76 Å². The Balaban J connectivity index is 1.69. The van der Waals surface area contributed by atoms with E-state index in [0.29, 0.717) is 39.0 Å². The van der Waals surface area contributed by atoms with Crippen LogP contribution < -0.4 is 5.32 Å². The van der Waals surface area contributed by atoms with Crippen LogP contribution >= 0.6 is 0 Å². The number of benzene rings is 2. The Morgan fingerprint density at radius 2 is 1.83 bits per heavy atom. The van der Waals surface area contributed by atoms with Gasteiger partial charge in [0, 0.05) is 30.1 Å². The minimum atomic E-state index is -0.467. The van der Waals surface area contributed by atoms with Crippen LogP contribution in [0.2, 0.25) is 0 Å². The molecule has 0 aliphatic heterocycles. The van der Waals surface area contributed by atoms with Crippen LogP contribution in [0.5, 0.6) is 0 Å². The fourth-order valence-corrected chi connectivity index (χ4v) is 3.35. The van der Waals surface area contributed by atoms with E-state index >= 15 is 0 Å². The molecular formula is C23H18N2O5. The number of methoxy groups -OCH3 is 1. The molecule has 0 spiro atoms. The molecular weight excluding hydrogens is 384 g/mol. The molecule has 0 aliphatic carbocycles. The molecule has 7 heteroatoms. The average molecular weight is 402 g/mol. The minimum Gasteiger partial charge on any atom is -0.465 e. The van der Waals surface area contributed by atoms with Crippen LogP contribution in [0.1, 0.15) is 32.4 Å². The molecule has 0 saturated carbocycles. The summed E-state index contributed by atoms with van der Waals surface area (Å²) in [5.41, 5.74) is 2.46. The number of anilines is 1. The van der Waals surface area contributed by atoms with Crippen LogP contribution in [0.15, 0.2) is 71.5 Å². The molecule has 2 heterocycles. The number of hydrogen-bond acceptors (Lipinski definition) is 5. The maximum atomic E-state index is 13.0. The standard InChI is InChI=1S/C23H18N2O5/c1-14(26)25-13-18(17-8-3-4-9-20(17)25)22(27)24-19-10-11-30-21(19)15-6-5-7-16(12-15)23(28)29-2/h3-13H,1-2H3,(H,24,27). The lowest BCUT2D eigenvalue weighted by Crippen LogP contribution is -2.12. The second-order valence-corrected chi connectivity index (χ2v) is 6.64. The van der Waals surface area contributed by atoms with E-state index in [-0.39, 0.29) is 11.8 Å². The first-order chi connectivity index (χ1) is 14.5. The summed E-state index contributed by atoms with van der Waals surface area (Å²) in [6.07, 6.45) is 2.98. The first kappa shape index (κ1) is 19.2. The molecule has 1 N–H and O–H groups in total. The Hall–Kier alpha value is -4.13. The zero-order valence-electron chi connectivity index (χ0n) is 16.3. The Morgan fingerprint density at radius 1 is 1.03 bits per heavy atom. The van der Waals surface area contributed by atoms with E-state index in [1.54, 1.807) is 42.5 Å². The quantitative estimate of drug-likeness (QED) is 0.504. The summed E-state index contributed by atoms with van der Waals surface area (Å²) in [5, 5.41) is 3.51. The van der Waals surface area contributed by atoms with Gasteiger partial charge in [-0.15, -0.1) is 0 Å². The van der Waals surface area contributed by atoms with Gasteiger partial charge in [0.2, 0.25) is 5.91 Å². The lowest BCUT2D eigenvalue weighted by molar-refractivity contribution is 0.0600. The van der Waals surface area contributed by atoms with Gasteiger partial charge >= 0.3 is 5.97 Å². The van der Waals surface area contributed by atoms with Crippen molar-refractivity contribution in [3.63, 3.8) is 0 Å². The third-order valence-corrected chi connectivity index (χ3v) is 4.76. The van der Waals surface area contributed by atoms with Gasteiger partial charge in [-0.25, -0.2) is 4.79 Å². The SMILES string of the molecule is COC(=O)c1cccc(-c2occc2NC(=O)c2cn(C(C)=O)c3ccccc23)c1. The Morgan fingerprint density at radius 3 is 2.60 bits per heavy atom. The fourth-order valence-electron chi connectivity index (χ4n) is 3.35. The van der Waals surface area contributed by atoms with Gasteiger partial charge in [0.05, 0.1) is 35.7 Å². The molecule has 2 aromatic heterocycles. The number of nitrogens with zero attached hydrogens (tertiary/aromatic N) is 1. The fraction of sp³-hybridized carbons (Fsp3) is 0.0870. The van der Waals surface area contributed by atoms with Gasteiger partial charge in [-0.2, -0.15) is 0 Å². The van der Waals surface area contributed by atoms with Crippen molar-refractivity contribution in [3.05, 3.63) is 78.2 Å². The third-order valence-electron chi connectivity index (χ3n) is 4.76. The molecule has 150 valence electrons. The maximum absolute atomic E-state index is 13.0. The summed E-state index contributed by atoms with van der Waals surface area (Å²) >= 11 is 0. The summed E-state index contributed by atoms with van der Waals surface area (Å²) in [6.45, 7) is 1.44. The van der Waals surface area contributed by atoms with Gasteiger partial charge in [0.25, 0.3) is 5.91 Å². The third kappa shape index (κ3) is 3.37. The van der Waals surface area contributed by atoms with Gasteiger partial charge in [-0.05, 0) is 18.2 Å². The number of furan rings is 1. The van der Waals surface area contributed by atoms with Crippen molar-refractivity contribution < 1.29 is 23.5 Å². The van der Waals surface area contributed by atoms with Gasteiger partial charge in [0.1, 0.15) is 0 Å². The van der Waals surface area contributed by atoms with Crippen molar-refractivity contribution in [2.24, 2.45) is 0 Å². The van der Waals surface area contributed by atoms with E-state index in [4.69, 9.17) is 9.15 Å². The topological polar surface area (TPSA) is 90.5 Å². The van der Waals surface area contributed by atoms with Crippen molar-refractivity contribution in [1.82, 2.24) is 4.57 Å². The Bertz CT molecular complexity index is 1280. The van der Waals surface area contributed by atoms with Crippen LogP contribution in [0.3, 0.4) is 0 Å². The molecule has 0 fully saturated rings. The average Bonchev–Trinajstić information content (AvgIpc) is 3.38. The van der Waals surface area contributed by atoms with E-state index in [0.717, 1.165) is 0 Å². The van der Waals surface area contributed by atoms with E-state index in [1.807, 2.05) is 12.1 Å². The number of esters is 1. The molecule has 0 bridgehead atoms. The number of para-hydroxylation sites is 1. The number of hydrogen-bond donors (Lipinski definition) is 1. The molecule has 0 saturated heterocycles. The summed E-state index contributed by atoms with van der Waals surface area (Å²) in [6, 6.07) is 15.6. The lowest BCUT2D eigenvalue weighted by Gasteiger charge is -2.06. The summed E-state index contributed by atoms with van der Waals surface area (Å²) in [4.78, 5) is 36.8. The molecule has 2 aromatic carbocycles.